The molecule has 8 heteroatoms. The molecule has 0 unspecified atom stereocenters. The van der Waals surface area contributed by atoms with E-state index >= 15 is 0 Å². The summed E-state index contributed by atoms with van der Waals surface area (Å²) in [4.78, 5) is 30.5. The molecule has 1 aliphatic rings. The van der Waals surface area contributed by atoms with Crippen molar-refractivity contribution < 1.29 is 19.1 Å². The predicted molar refractivity (Wildman–Crippen MR) is 126 cm³/mol. The molecular weight excluding hydrogens is 426 g/mol. The topological polar surface area (TPSA) is 80.8 Å². The minimum atomic E-state index is -0.280. The van der Waals surface area contributed by atoms with E-state index in [1.54, 1.807) is 44.3 Å². The summed E-state index contributed by atoms with van der Waals surface area (Å²) in [6.07, 6.45) is 4.01. The first-order valence-corrected chi connectivity index (χ1v) is 10.9. The van der Waals surface area contributed by atoms with Crippen LogP contribution in [0.3, 0.4) is 0 Å². The lowest BCUT2D eigenvalue weighted by molar-refractivity contribution is -0.116. The summed E-state index contributed by atoms with van der Waals surface area (Å²) in [6.45, 7) is 2.28. The molecule has 0 saturated heterocycles. The van der Waals surface area contributed by atoms with Crippen LogP contribution in [0.2, 0.25) is 0 Å². The molecule has 2 aromatic carbocycles. The van der Waals surface area contributed by atoms with E-state index < -0.39 is 0 Å². The number of thiazole rings is 1. The third-order valence-corrected chi connectivity index (χ3v) is 5.98. The van der Waals surface area contributed by atoms with Crippen molar-refractivity contribution in [2.24, 2.45) is 0 Å². The van der Waals surface area contributed by atoms with Gasteiger partial charge in [0.1, 0.15) is 0 Å². The normalized spacial score (nSPS) is 12.7. The zero-order valence-electron chi connectivity index (χ0n) is 18.0. The second kappa shape index (κ2) is 9.23. The van der Waals surface area contributed by atoms with Crippen LogP contribution in [0.15, 0.2) is 47.9 Å². The monoisotopic (exact) mass is 449 g/mol. The van der Waals surface area contributed by atoms with Gasteiger partial charge in [-0.25, -0.2) is 4.98 Å². The summed E-state index contributed by atoms with van der Waals surface area (Å²) >= 11 is 1.35. The number of hydrogen-bond donors (Lipinski definition) is 1. The van der Waals surface area contributed by atoms with Crippen LogP contribution in [-0.2, 0) is 16.0 Å². The highest BCUT2D eigenvalue weighted by Gasteiger charge is 2.22. The lowest BCUT2D eigenvalue weighted by Crippen LogP contribution is -2.25. The summed E-state index contributed by atoms with van der Waals surface area (Å²) in [5.74, 6) is 0.977. The maximum absolute atomic E-state index is 12.3. The third kappa shape index (κ3) is 4.50. The predicted octanol–water partition coefficient (Wildman–Crippen LogP) is 4.39. The van der Waals surface area contributed by atoms with Gasteiger partial charge < -0.3 is 14.4 Å². The minimum Gasteiger partial charge on any atom is -0.493 e. The Morgan fingerprint density at radius 1 is 1.12 bits per heavy atom. The first-order valence-electron chi connectivity index (χ1n) is 10.1. The molecule has 1 N–H and O–H groups in total. The van der Waals surface area contributed by atoms with Gasteiger partial charge in [-0.05, 0) is 41.8 Å². The van der Waals surface area contributed by atoms with Crippen LogP contribution in [0.25, 0.3) is 17.3 Å². The second-order valence-corrected chi connectivity index (χ2v) is 8.10. The molecule has 2 heterocycles. The highest BCUT2D eigenvalue weighted by atomic mass is 32.1. The van der Waals surface area contributed by atoms with Gasteiger partial charge in [0.05, 0.1) is 19.9 Å². The van der Waals surface area contributed by atoms with E-state index in [0.717, 1.165) is 34.5 Å². The standard InChI is InChI=1S/C24H23N3O4S/c1-15(28)27-11-10-17-6-7-18(13-20(17)27)19-14-32-24(25-19)26-23(29)9-5-16-4-8-21(30-2)22(12-16)31-3/h4-9,12-14H,10-11H2,1-3H3,(H,25,26,29)/b9-5+. The van der Waals surface area contributed by atoms with E-state index in [-0.39, 0.29) is 11.8 Å². The molecular formula is C24H23N3O4S. The molecule has 7 nitrogen and oxygen atoms in total. The average molecular weight is 450 g/mol. The number of aromatic nitrogens is 1. The van der Waals surface area contributed by atoms with Gasteiger partial charge in [-0.15, -0.1) is 11.3 Å². The van der Waals surface area contributed by atoms with Crippen molar-refractivity contribution in [2.75, 3.05) is 31.0 Å². The molecule has 0 bridgehead atoms. The van der Waals surface area contributed by atoms with Crippen LogP contribution in [0.5, 0.6) is 11.5 Å². The summed E-state index contributed by atoms with van der Waals surface area (Å²) in [7, 11) is 3.14. The number of hydrogen-bond acceptors (Lipinski definition) is 6. The zero-order chi connectivity index (χ0) is 22.7. The molecule has 4 rings (SSSR count). The highest BCUT2D eigenvalue weighted by molar-refractivity contribution is 7.14. The zero-order valence-corrected chi connectivity index (χ0v) is 18.9. The Hall–Kier alpha value is -3.65. The lowest BCUT2D eigenvalue weighted by atomic mass is 10.1. The number of rotatable bonds is 6. The van der Waals surface area contributed by atoms with E-state index in [1.807, 2.05) is 29.6 Å². The molecule has 0 atom stereocenters. The van der Waals surface area contributed by atoms with Crippen molar-refractivity contribution >= 4 is 40.0 Å². The number of fused-ring (bicyclic) bond motifs is 1. The van der Waals surface area contributed by atoms with Crippen LogP contribution < -0.4 is 19.7 Å². The van der Waals surface area contributed by atoms with E-state index in [1.165, 1.54) is 17.4 Å². The SMILES string of the molecule is COc1ccc(/C=C/C(=O)Nc2nc(-c3ccc4c(c3)N(C(C)=O)CC4)cs2)cc1OC. The molecule has 1 aromatic heterocycles. The Balaban J connectivity index is 1.45. The van der Waals surface area contributed by atoms with Crippen molar-refractivity contribution in [2.45, 2.75) is 13.3 Å². The van der Waals surface area contributed by atoms with Crippen molar-refractivity contribution in [3.05, 3.63) is 59.0 Å². The molecule has 3 aromatic rings. The number of nitrogens with one attached hydrogen (secondary N) is 1. The maximum Gasteiger partial charge on any atom is 0.250 e. The molecule has 164 valence electrons. The number of methoxy groups -OCH3 is 2. The minimum absolute atomic E-state index is 0.0356. The average Bonchev–Trinajstić information content (AvgIpc) is 3.44. The maximum atomic E-state index is 12.3. The molecule has 32 heavy (non-hydrogen) atoms. The van der Waals surface area contributed by atoms with Crippen LogP contribution in [0.4, 0.5) is 10.8 Å². The smallest absolute Gasteiger partial charge is 0.250 e. The van der Waals surface area contributed by atoms with Crippen LogP contribution >= 0.6 is 11.3 Å². The third-order valence-electron chi connectivity index (χ3n) is 5.23. The summed E-state index contributed by atoms with van der Waals surface area (Å²) in [5.41, 5.74) is 4.58. The Kier molecular flexibility index (Phi) is 6.23. The van der Waals surface area contributed by atoms with Gasteiger partial charge in [0, 0.05) is 36.2 Å². The molecule has 0 saturated carbocycles. The van der Waals surface area contributed by atoms with Gasteiger partial charge in [0.25, 0.3) is 0 Å². The molecule has 0 spiro atoms. The summed E-state index contributed by atoms with van der Waals surface area (Å²) in [6, 6.07) is 11.4. The second-order valence-electron chi connectivity index (χ2n) is 7.24. The summed E-state index contributed by atoms with van der Waals surface area (Å²) in [5, 5.41) is 5.19. The van der Waals surface area contributed by atoms with Gasteiger partial charge in [-0.1, -0.05) is 18.2 Å². The Bertz CT molecular complexity index is 1200. The van der Waals surface area contributed by atoms with Gasteiger partial charge in [-0.2, -0.15) is 0 Å². The van der Waals surface area contributed by atoms with Crippen molar-refractivity contribution in [3.8, 4) is 22.8 Å². The Morgan fingerprint density at radius 3 is 2.69 bits per heavy atom. The van der Waals surface area contributed by atoms with Crippen LogP contribution in [0, 0.1) is 0 Å². The first-order chi connectivity index (χ1) is 15.5. The van der Waals surface area contributed by atoms with E-state index in [4.69, 9.17) is 9.47 Å². The Labute approximate surface area is 190 Å². The van der Waals surface area contributed by atoms with Crippen molar-refractivity contribution in [1.29, 1.82) is 0 Å². The number of carbonyl (C=O) groups excluding carboxylic acids is 2. The fourth-order valence-corrected chi connectivity index (χ4v) is 4.33. The largest absolute Gasteiger partial charge is 0.493 e. The number of benzene rings is 2. The molecule has 0 radical (unpaired) electrons. The van der Waals surface area contributed by atoms with Crippen molar-refractivity contribution in [1.82, 2.24) is 4.98 Å². The van der Waals surface area contributed by atoms with Crippen LogP contribution in [-0.4, -0.2) is 37.6 Å². The van der Waals surface area contributed by atoms with Gasteiger partial charge >= 0.3 is 0 Å². The molecule has 2 amide bonds. The fourth-order valence-electron chi connectivity index (χ4n) is 3.60. The Morgan fingerprint density at radius 2 is 1.94 bits per heavy atom. The van der Waals surface area contributed by atoms with Crippen molar-refractivity contribution in [3.63, 3.8) is 0 Å². The van der Waals surface area contributed by atoms with Gasteiger partial charge in [-0.3, -0.25) is 14.9 Å². The fraction of sp³-hybridized carbons (Fsp3) is 0.208. The first kappa shape index (κ1) is 21.6. The number of carbonyl (C=O) groups is 2. The van der Waals surface area contributed by atoms with Crippen LogP contribution in [0.1, 0.15) is 18.1 Å². The summed E-state index contributed by atoms with van der Waals surface area (Å²) < 4.78 is 10.5. The van der Waals surface area contributed by atoms with Gasteiger partial charge in [0.15, 0.2) is 16.6 Å². The van der Waals surface area contributed by atoms with Gasteiger partial charge in [0.2, 0.25) is 11.8 Å². The highest BCUT2D eigenvalue weighted by Crippen LogP contribution is 2.34. The van der Waals surface area contributed by atoms with E-state index in [2.05, 4.69) is 10.3 Å². The molecule has 1 aliphatic heterocycles. The van der Waals surface area contributed by atoms with E-state index in [9.17, 15) is 9.59 Å². The van der Waals surface area contributed by atoms with E-state index in [0.29, 0.717) is 23.2 Å². The number of nitrogens with zero attached hydrogens (tertiary/aromatic N) is 2. The molecule has 0 fully saturated rings. The number of amides is 2. The number of ether oxygens (including phenoxy) is 2. The molecule has 0 aliphatic carbocycles. The number of anilines is 2. The lowest BCUT2D eigenvalue weighted by Gasteiger charge is -2.15. The quantitative estimate of drug-likeness (QED) is 0.565.